The van der Waals surface area contributed by atoms with E-state index in [9.17, 15) is 13.6 Å². The van der Waals surface area contributed by atoms with Crippen LogP contribution in [0.1, 0.15) is 42.5 Å². The Morgan fingerprint density at radius 1 is 1.32 bits per heavy atom. The molecule has 1 aromatic carbocycles. The van der Waals surface area contributed by atoms with Crippen molar-refractivity contribution in [3.05, 3.63) is 35.2 Å². The number of nitrogens with zero attached hydrogens (tertiary/aromatic N) is 1. The van der Waals surface area contributed by atoms with Crippen LogP contribution >= 0.6 is 0 Å². The fraction of sp³-hybridized carbons (Fsp3) is 0.412. The van der Waals surface area contributed by atoms with Crippen LogP contribution < -0.4 is 0 Å². The highest BCUT2D eigenvalue weighted by molar-refractivity contribution is 7.79. The number of hydrogen-bond donors (Lipinski definition) is 1. The van der Waals surface area contributed by atoms with Gasteiger partial charge in [-0.1, -0.05) is 0 Å². The molecule has 1 heterocycles. The molecule has 2 atom stereocenters. The van der Waals surface area contributed by atoms with Crippen molar-refractivity contribution in [2.75, 3.05) is 0 Å². The molecule has 1 saturated carbocycles. The number of Topliss-reactive ketones (excluding diaryl/α,β-unsaturated/α-hetero) is 1. The van der Waals surface area contributed by atoms with Crippen molar-refractivity contribution in [2.45, 2.75) is 43.4 Å². The van der Waals surface area contributed by atoms with Crippen LogP contribution in [0, 0.1) is 5.92 Å². The maximum absolute atomic E-state index is 12.0. The normalized spacial score (nSPS) is 21.8. The first kappa shape index (κ1) is 14.0. The zero-order valence-corrected chi connectivity index (χ0v) is 13.2. The maximum atomic E-state index is 12.0. The molecule has 2 aliphatic carbocycles. The lowest BCUT2D eigenvalue weighted by molar-refractivity contribution is -0.120. The second-order valence-electron chi connectivity index (χ2n) is 6.41. The van der Waals surface area contributed by atoms with Gasteiger partial charge in [0.15, 0.2) is 11.1 Å². The van der Waals surface area contributed by atoms with Gasteiger partial charge in [-0.15, -0.1) is 0 Å². The second-order valence-corrected chi connectivity index (χ2v) is 7.32. The van der Waals surface area contributed by atoms with E-state index in [-0.39, 0.29) is 11.7 Å². The van der Waals surface area contributed by atoms with Crippen LogP contribution in [0.25, 0.3) is 10.8 Å². The first-order chi connectivity index (χ1) is 10.5. The Bertz CT molecular complexity index is 826. The van der Waals surface area contributed by atoms with E-state index in [1.807, 2.05) is 12.1 Å². The quantitative estimate of drug-likeness (QED) is 0.884. The van der Waals surface area contributed by atoms with Gasteiger partial charge in [0.2, 0.25) is 0 Å². The van der Waals surface area contributed by atoms with Crippen LogP contribution in [-0.2, 0) is 28.7 Å². The summed E-state index contributed by atoms with van der Waals surface area (Å²) in [7, 11) is 0. The summed E-state index contributed by atoms with van der Waals surface area (Å²) in [4.78, 5) is 16.7. The second kappa shape index (κ2) is 4.96. The molecule has 5 heteroatoms. The Hall–Kier alpha value is -1.59. The molecule has 0 bridgehead atoms. The summed E-state index contributed by atoms with van der Waals surface area (Å²) in [6.45, 7) is 1.60. The minimum absolute atomic E-state index is 0.0648. The number of carbonyl (C=O) groups excluding carboxylic acids is 1. The zero-order valence-electron chi connectivity index (χ0n) is 12.3. The summed E-state index contributed by atoms with van der Waals surface area (Å²) < 4.78 is 21.8. The highest BCUT2D eigenvalue weighted by Crippen LogP contribution is 2.42. The molecule has 1 fully saturated rings. The molecule has 0 spiro atoms. The van der Waals surface area contributed by atoms with Crippen LogP contribution in [-0.4, -0.2) is 19.5 Å². The average Bonchev–Trinajstić information content (AvgIpc) is 3.23. The van der Waals surface area contributed by atoms with E-state index >= 15 is 0 Å². The van der Waals surface area contributed by atoms with Crippen LogP contribution in [0.4, 0.5) is 0 Å². The van der Waals surface area contributed by atoms with Gasteiger partial charge in [0, 0.05) is 34.5 Å². The summed E-state index contributed by atoms with van der Waals surface area (Å²) >= 11 is -2.05. The zero-order chi connectivity index (χ0) is 15.4. The van der Waals surface area contributed by atoms with Crippen molar-refractivity contribution in [1.82, 2.24) is 4.98 Å². The fourth-order valence-electron chi connectivity index (χ4n) is 3.46. The molecule has 0 radical (unpaired) electrons. The lowest BCUT2D eigenvalue weighted by atomic mass is 10.0. The van der Waals surface area contributed by atoms with E-state index in [0.29, 0.717) is 23.7 Å². The predicted octanol–water partition coefficient (Wildman–Crippen LogP) is 3.00. The third kappa shape index (κ3) is 2.20. The Balaban J connectivity index is 1.94. The Morgan fingerprint density at radius 3 is 2.73 bits per heavy atom. The van der Waals surface area contributed by atoms with Crippen LogP contribution in [0.5, 0.6) is 0 Å². The van der Waals surface area contributed by atoms with E-state index < -0.39 is 11.1 Å². The molecule has 2 unspecified atom stereocenters. The third-order valence-corrected chi connectivity index (χ3v) is 5.67. The van der Waals surface area contributed by atoms with Gasteiger partial charge >= 0.3 is 0 Å². The number of pyridine rings is 1. The van der Waals surface area contributed by atoms with Crippen LogP contribution in [0.15, 0.2) is 23.2 Å². The van der Waals surface area contributed by atoms with Gasteiger partial charge in [-0.05, 0) is 55.9 Å². The van der Waals surface area contributed by atoms with Gasteiger partial charge in [-0.3, -0.25) is 9.78 Å². The summed E-state index contributed by atoms with van der Waals surface area (Å²) in [6, 6.07) is 4.01. The number of aromatic nitrogens is 1. The number of rotatable bonds is 3. The molecule has 4 nitrogen and oxygen atoms in total. The van der Waals surface area contributed by atoms with Gasteiger partial charge in [0.25, 0.3) is 0 Å². The molecule has 0 saturated heterocycles. The molecule has 2 aliphatic rings. The van der Waals surface area contributed by atoms with Crippen molar-refractivity contribution >= 4 is 27.6 Å². The van der Waals surface area contributed by atoms with E-state index in [1.54, 1.807) is 13.1 Å². The maximum Gasteiger partial charge on any atom is 0.187 e. The lowest BCUT2D eigenvalue weighted by Gasteiger charge is -2.11. The van der Waals surface area contributed by atoms with E-state index in [0.717, 1.165) is 40.4 Å². The minimum Gasteiger partial charge on any atom is -0.302 e. The first-order valence-electron chi connectivity index (χ1n) is 7.60. The molecule has 4 rings (SSSR count). The largest absolute Gasteiger partial charge is 0.302 e. The number of benzene rings is 1. The smallest absolute Gasteiger partial charge is 0.187 e. The highest BCUT2D eigenvalue weighted by Gasteiger charge is 2.31. The number of hydrogen-bond acceptors (Lipinski definition) is 3. The molecular weight excluding hydrogens is 298 g/mol. The Morgan fingerprint density at radius 2 is 2.09 bits per heavy atom. The molecule has 0 aliphatic heterocycles. The summed E-state index contributed by atoms with van der Waals surface area (Å²) in [5.74, 6) is 0.583. The topological polar surface area (TPSA) is 67.3 Å². The number of fused-ring (bicyclic) bond motifs is 2. The molecular formula is C17H17NO3S. The number of carbonyl (C=O) groups is 1. The SMILES string of the molecule is CC(=O)C1Cc2cc3cnc(C4CC4)cc3c(S(=O)O)c2C1. The molecule has 114 valence electrons. The van der Waals surface area contributed by atoms with Crippen LogP contribution in [0.2, 0.25) is 0 Å². The Kier molecular flexibility index (Phi) is 3.16. The highest BCUT2D eigenvalue weighted by atomic mass is 32.2. The monoisotopic (exact) mass is 315 g/mol. The summed E-state index contributed by atoms with van der Waals surface area (Å²) in [6.07, 6.45) is 5.33. The van der Waals surface area contributed by atoms with Gasteiger partial charge in [-0.2, -0.15) is 0 Å². The minimum atomic E-state index is -2.05. The van der Waals surface area contributed by atoms with Crippen molar-refractivity contribution < 1.29 is 13.6 Å². The van der Waals surface area contributed by atoms with Gasteiger partial charge in [0.1, 0.15) is 5.78 Å². The first-order valence-corrected chi connectivity index (χ1v) is 8.71. The molecule has 1 N–H and O–H groups in total. The third-order valence-electron chi connectivity index (χ3n) is 4.85. The predicted molar refractivity (Wildman–Crippen MR) is 84.3 cm³/mol. The van der Waals surface area contributed by atoms with Crippen LogP contribution in [0.3, 0.4) is 0 Å². The van der Waals surface area contributed by atoms with Crippen molar-refractivity contribution in [2.24, 2.45) is 5.92 Å². The number of ketones is 1. The Labute approximate surface area is 131 Å². The average molecular weight is 315 g/mol. The van der Waals surface area contributed by atoms with Gasteiger partial charge in [-0.25, -0.2) is 4.21 Å². The van der Waals surface area contributed by atoms with E-state index in [2.05, 4.69) is 4.98 Å². The molecule has 0 amide bonds. The summed E-state index contributed by atoms with van der Waals surface area (Å²) in [5, 5.41) is 1.71. The van der Waals surface area contributed by atoms with Crippen molar-refractivity contribution in [1.29, 1.82) is 0 Å². The standard InChI is InChI=1S/C17H17NO3S/c1-9(19)11-4-12-5-13-8-18-16(10-2-3-10)7-15(13)17(22(20)21)14(12)6-11/h5,7-8,10-11H,2-4,6H2,1H3,(H,20,21). The van der Waals surface area contributed by atoms with Crippen molar-refractivity contribution in [3.8, 4) is 0 Å². The fourth-order valence-corrected chi connectivity index (χ4v) is 4.25. The molecule has 22 heavy (non-hydrogen) atoms. The lowest BCUT2D eigenvalue weighted by Crippen LogP contribution is -2.10. The summed E-state index contributed by atoms with van der Waals surface area (Å²) in [5.41, 5.74) is 2.92. The van der Waals surface area contributed by atoms with Gasteiger partial charge in [0.05, 0.1) is 4.90 Å². The molecule has 1 aromatic heterocycles. The molecule has 2 aromatic rings. The van der Waals surface area contributed by atoms with Crippen molar-refractivity contribution in [3.63, 3.8) is 0 Å². The van der Waals surface area contributed by atoms with E-state index in [1.165, 1.54) is 0 Å². The van der Waals surface area contributed by atoms with E-state index in [4.69, 9.17) is 0 Å². The van der Waals surface area contributed by atoms with Gasteiger partial charge < -0.3 is 4.55 Å².